The molecule has 0 aliphatic carbocycles. The maximum Gasteiger partial charge on any atom is 0.0182 e. The van der Waals surface area contributed by atoms with Crippen LogP contribution in [0.2, 0.25) is 0 Å². The van der Waals surface area contributed by atoms with Crippen LogP contribution in [-0.4, -0.2) is 32.1 Å². The van der Waals surface area contributed by atoms with Crippen molar-refractivity contribution in [2.24, 2.45) is 0 Å². The largest absolute Gasteiger partial charge is 0.383 e. The zero-order valence-corrected chi connectivity index (χ0v) is 6.85. The number of hydrogen-bond donors (Lipinski definition) is 1. The molecule has 0 spiro atoms. The Morgan fingerprint density at radius 2 is 2.30 bits per heavy atom. The predicted molar refractivity (Wildman–Crippen MR) is 43.9 cm³/mol. The average Bonchev–Trinajstić information content (AvgIpc) is 1.88. The molecule has 0 amide bonds. The van der Waals surface area contributed by atoms with E-state index in [0.717, 1.165) is 6.54 Å². The Bertz CT molecular complexity index is 119. The molecule has 1 saturated heterocycles. The van der Waals surface area contributed by atoms with Crippen molar-refractivity contribution >= 4 is 0 Å². The van der Waals surface area contributed by atoms with Gasteiger partial charge in [0.05, 0.1) is 0 Å². The summed E-state index contributed by atoms with van der Waals surface area (Å²) in [5.74, 6) is 0. The van der Waals surface area contributed by atoms with Gasteiger partial charge in [0, 0.05) is 20.6 Å². The molecule has 0 aromatic heterocycles. The van der Waals surface area contributed by atoms with E-state index in [9.17, 15) is 0 Å². The lowest BCUT2D eigenvalue weighted by Crippen LogP contribution is -2.24. The van der Waals surface area contributed by atoms with E-state index >= 15 is 0 Å². The van der Waals surface area contributed by atoms with Gasteiger partial charge in [-0.25, -0.2) is 0 Å². The molecule has 10 heavy (non-hydrogen) atoms. The van der Waals surface area contributed by atoms with Crippen LogP contribution >= 0.6 is 0 Å². The minimum absolute atomic E-state index is 1.08. The monoisotopic (exact) mass is 140 g/mol. The molecule has 1 aliphatic heterocycles. The zero-order valence-electron chi connectivity index (χ0n) is 6.85. The van der Waals surface area contributed by atoms with Gasteiger partial charge in [-0.15, -0.1) is 0 Å². The molecule has 58 valence electrons. The Labute approximate surface area is 62.9 Å². The molecule has 1 aliphatic rings. The van der Waals surface area contributed by atoms with E-state index in [0.29, 0.717) is 0 Å². The van der Waals surface area contributed by atoms with Crippen LogP contribution in [-0.2, 0) is 0 Å². The second kappa shape index (κ2) is 3.62. The summed E-state index contributed by atoms with van der Waals surface area (Å²) in [5.41, 5.74) is 1.52. The van der Waals surface area contributed by atoms with E-state index in [1.54, 1.807) is 0 Å². The van der Waals surface area contributed by atoms with E-state index in [-0.39, 0.29) is 0 Å². The van der Waals surface area contributed by atoms with Crippen molar-refractivity contribution in [2.45, 2.75) is 12.8 Å². The summed E-state index contributed by atoms with van der Waals surface area (Å²) in [7, 11) is 4.14. The minimum atomic E-state index is 1.08. The second-order valence-electron chi connectivity index (χ2n) is 3.03. The SMILES string of the molecule is CN(C)/C=C1\CCCNC1. The second-order valence-corrected chi connectivity index (χ2v) is 3.03. The lowest BCUT2D eigenvalue weighted by molar-refractivity contribution is 0.531. The fraction of sp³-hybridized carbons (Fsp3) is 0.750. The van der Waals surface area contributed by atoms with E-state index in [4.69, 9.17) is 0 Å². The molecule has 1 heterocycles. The topological polar surface area (TPSA) is 15.3 Å². The lowest BCUT2D eigenvalue weighted by atomic mass is 10.1. The highest BCUT2D eigenvalue weighted by Crippen LogP contribution is 2.07. The molecule has 1 fully saturated rings. The summed E-state index contributed by atoms with van der Waals surface area (Å²) in [6, 6.07) is 0. The predicted octanol–water partition coefficient (Wildman–Crippen LogP) is 0.815. The highest BCUT2D eigenvalue weighted by molar-refractivity contribution is 5.05. The number of nitrogens with zero attached hydrogens (tertiary/aromatic N) is 1. The quantitative estimate of drug-likeness (QED) is 0.580. The Balaban J connectivity index is 2.37. The fourth-order valence-corrected chi connectivity index (χ4v) is 1.25. The van der Waals surface area contributed by atoms with Crippen LogP contribution in [0.1, 0.15) is 12.8 Å². The van der Waals surface area contributed by atoms with Crippen LogP contribution in [0.3, 0.4) is 0 Å². The third-order valence-electron chi connectivity index (χ3n) is 1.64. The molecule has 2 nitrogen and oxygen atoms in total. The smallest absolute Gasteiger partial charge is 0.0182 e. The van der Waals surface area contributed by atoms with Crippen LogP contribution in [0.15, 0.2) is 11.8 Å². The van der Waals surface area contributed by atoms with Crippen molar-refractivity contribution in [3.63, 3.8) is 0 Å². The normalized spacial score (nSPS) is 23.2. The van der Waals surface area contributed by atoms with Gasteiger partial charge in [-0.2, -0.15) is 0 Å². The third-order valence-corrected chi connectivity index (χ3v) is 1.64. The van der Waals surface area contributed by atoms with Crippen LogP contribution in [0.4, 0.5) is 0 Å². The van der Waals surface area contributed by atoms with Crippen molar-refractivity contribution in [1.82, 2.24) is 10.2 Å². The molecule has 0 aromatic rings. The van der Waals surface area contributed by atoms with Gasteiger partial charge in [0.15, 0.2) is 0 Å². The van der Waals surface area contributed by atoms with Gasteiger partial charge in [-0.3, -0.25) is 0 Å². The Hall–Kier alpha value is -0.500. The van der Waals surface area contributed by atoms with Crippen molar-refractivity contribution in [2.75, 3.05) is 27.2 Å². The van der Waals surface area contributed by atoms with Crippen LogP contribution in [0.25, 0.3) is 0 Å². The summed E-state index contributed by atoms with van der Waals surface area (Å²) in [5, 5.41) is 3.35. The van der Waals surface area contributed by atoms with Crippen LogP contribution in [0, 0.1) is 0 Å². The minimum Gasteiger partial charge on any atom is -0.383 e. The highest BCUT2D eigenvalue weighted by atomic mass is 15.0. The fourth-order valence-electron chi connectivity index (χ4n) is 1.25. The van der Waals surface area contributed by atoms with Crippen molar-refractivity contribution in [3.05, 3.63) is 11.8 Å². The van der Waals surface area contributed by atoms with Gasteiger partial charge in [-0.05, 0) is 31.2 Å². The number of hydrogen-bond acceptors (Lipinski definition) is 2. The standard InChI is InChI=1S/C8H16N2/c1-10(2)7-8-4-3-5-9-6-8/h7,9H,3-6H2,1-2H3/b8-7+. The first-order chi connectivity index (χ1) is 4.79. The first-order valence-electron chi connectivity index (χ1n) is 3.86. The molecule has 1 N–H and O–H groups in total. The summed E-state index contributed by atoms with van der Waals surface area (Å²) >= 11 is 0. The van der Waals surface area contributed by atoms with E-state index in [1.165, 1.54) is 25.0 Å². The van der Waals surface area contributed by atoms with Gasteiger partial charge >= 0.3 is 0 Å². The Morgan fingerprint density at radius 1 is 1.50 bits per heavy atom. The molecule has 1 rings (SSSR count). The van der Waals surface area contributed by atoms with Gasteiger partial charge in [0.2, 0.25) is 0 Å². The number of piperidine rings is 1. The maximum atomic E-state index is 3.35. The van der Waals surface area contributed by atoms with Gasteiger partial charge in [-0.1, -0.05) is 0 Å². The maximum absolute atomic E-state index is 3.35. The average molecular weight is 140 g/mol. The molecule has 0 unspecified atom stereocenters. The van der Waals surface area contributed by atoms with Gasteiger partial charge in [0.1, 0.15) is 0 Å². The van der Waals surface area contributed by atoms with E-state index in [1.807, 2.05) is 0 Å². The highest BCUT2D eigenvalue weighted by Gasteiger charge is 2.03. The van der Waals surface area contributed by atoms with Gasteiger partial charge < -0.3 is 10.2 Å². The van der Waals surface area contributed by atoms with Crippen LogP contribution in [0.5, 0.6) is 0 Å². The molecular weight excluding hydrogens is 124 g/mol. The van der Waals surface area contributed by atoms with E-state index in [2.05, 4.69) is 30.5 Å². The van der Waals surface area contributed by atoms with Crippen molar-refractivity contribution in [1.29, 1.82) is 0 Å². The number of nitrogens with one attached hydrogen (secondary N) is 1. The molecular formula is C8H16N2. The molecule has 0 bridgehead atoms. The third kappa shape index (κ3) is 2.40. The summed E-state index contributed by atoms with van der Waals surface area (Å²) in [4.78, 5) is 2.11. The van der Waals surface area contributed by atoms with Gasteiger partial charge in [0.25, 0.3) is 0 Å². The summed E-state index contributed by atoms with van der Waals surface area (Å²) in [6.07, 6.45) is 4.77. The summed E-state index contributed by atoms with van der Waals surface area (Å²) in [6.45, 7) is 2.27. The molecule has 0 saturated carbocycles. The van der Waals surface area contributed by atoms with E-state index < -0.39 is 0 Å². The Morgan fingerprint density at radius 3 is 2.80 bits per heavy atom. The molecule has 0 radical (unpaired) electrons. The Kier molecular flexibility index (Phi) is 2.75. The lowest BCUT2D eigenvalue weighted by Gasteiger charge is -2.17. The zero-order chi connectivity index (χ0) is 7.40. The summed E-state index contributed by atoms with van der Waals surface area (Å²) < 4.78 is 0. The van der Waals surface area contributed by atoms with Crippen molar-refractivity contribution < 1.29 is 0 Å². The first kappa shape index (κ1) is 7.61. The number of rotatable bonds is 1. The van der Waals surface area contributed by atoms with Crippen LogP contribution < -0.4 is 5.32 Å². The van der Waals surface area contributed by atoms with Crippen molar-refractivity contribution in [3.8, 4) is 0 Å². The molecule has 0 aromatic carbocycles. The molecule has 0 atom stereocenters. The molecule has 2 heteroatoms. The first-order valence-corrected chi connectivity index (χ1v) is 3.86.